The largest absolute Gasteiger partial charge is 0.382 e. The summed E-state index contributed by atoms with van der Waals surface area (Å²) in [4.78, 5) is 0. The lowest BCUT2D eigenvalue weighted by Crippen LogP contribution is -2.32. The van der Waals surface area contributed by atoms with E-state index in [0.29, 0.717) is 31.4 Å². The molecule has 1 aromatic rings. The highest BCUT2D eigenvalue weighted by atomic mass is 35.5. The van der Waals surface area contributed by atoms with Crippen molar-refractivity contribution in [3.8, 4) is 0 Å². The van der Waals surface area contributed by atoms with Crippen molar-refractivity contribution in [2.75, 3.05) is 25.0 Å². The van der Waals surface area contributed by atoms with Gasteiger partial charge in [-0.15, -0.1) is 23.2 Å². The standard InChI is InChI=1S/C13H17Cl2FO/c1-2-17-7-6-13(9-14,10-15)11-4-3-5-12(16)8-11/h3-5,8H,2,6-7,9-10H2,1H3. The number of halogens is 3. The molecule has 0 amide bonds. The van der Waals surface area contributed by atoms with Crippen molar-refractivity contribution in [3.05, 3.63) is 35.6 Å². The van der Waals surface area contributed by atoms with Crippen molar-refractivity contribution in [1.29, 1.82) is 0 Å². The minimum absolute atomic E-state index is 0.265. The molecule has 0 heterocycles. The molecule has 0 aliphatic carbocycles. The van der Waals surface area contributed by atoms with Gasteiger partial charge in [-0.2, -0.15) is 0 Å². The number of hydrogen-bond acceptors (Lipinski definition) is 1. The predicted molar refractivity (Wildman–Crippen MR) is 70.6 cm³/mol. The van der Waals surface area contributed by atoms with Gasteiger partial charge in [-0.05, 0) is 31.0 Å². The van der Waals surface area contributed by atoms with Crippen molar-refractivity contribution >= 4 is 23.2 Å². The summed E-state index contributed by atoms with van der Waals surface area (Å²) in [6.45, 7) is 3.17. The molecule has 4 heteroatoms. The molecule has 0 bridgehead atoms. The van der Waals surface area contributed by atoms with Gasteiger partial charge in [-0.1, -0.05) is 12.1 Å². The minimum Gasteiger partial charge on any atom is -0.382 e. The molecule has 0 N–H and O–H groups in total. The Kier molecular flexibility index (Phi) is 6.24. The zero-order valence-corrected chi connectivity index (χ0v) is 11.4. The van der Waals surface area contributed by atoms with Gasteiger partial charge in [0.2, 0.25) is 0 Å². The fourth-order valence-corrected chi connectivity index (χ4v) is 2.56. The maximum atomic E-state index is 13.2. The van der Waals surface area contributed by atoms with Gasteiger partial charge in [0.25, 0.3) is 0 Å². The molecule has 0 unspecified atom stereocenters. The fourth-order valence-electron chi connectivity index (χ4n) is 1.70. The summed E-state index contributed by atoms with van der Waals surface area (Å²) >= 11 is 12.1. The lowest BCUT2D eigenvalue weighted by atomic mass is 9.81. The first kappa shape index (κ1) is 14.7. The molecule has 0 atom stereocenters. The first-order valence-electron chi connectivity index (χ1n) is 5.64. The van der Waals surface area contributed by atoms with Gasteiger partial charge in [-0.3, -0.25) is 0 Å². The second-order valence-electron chi connectivity index (χ2n) is 4.00. The van der Waals surface area contributed by atoms with E-state index in [1.165, 1.54) is 12.1 Å². The number of ether oxygens (including phenoxy) is 1. The van der Waals surface area contributed by atoms with Crippen LogP contribution in [0.25, 0.3) is 0 Å². The molecule has 96 valence electrons. The van der Waals surface area contributed by atoms with Crippen molar-refractivity contribution in [3.63, 3.8) is 0 Å². The van der Waals surface area contributed by atoms with Gasteiger partial charge in [0.05, 0.1) is 0 Å². The Hall–Kier alpha value is -0.310. The normalized spacial score (nSPS) is 11.8. The van der Waals surface area contributed by atoms with E-state index in [1.807, 2.05) is 13.0 Å². The van der Waals surface area contributed by atoms with E-state index < -0.39 is 5.41 Å². The van der Waals surface area contributed by atoms with Crippen LogP contribution in [0.2, 0.25) is 0 Å². The van der Waals surface area contributed by atoms with E-state index in [9.17, 15) is 4.39 Å². The van der Waals surface area contributed by atoms with Crippen molar-refractivity contribution in [2.45, 2.75) is 18.8 Å². The van der Waals surface area contributed by atoms with Crippen LogP contribution in [0.15, 0.2) is 24.3 Å². The maximum Gasteiger partial charge on any atom is 0.123 e. The zero-order chi connectivity index (χ0) is 12.7. The van der Waals surface area contributed by atoms with Gasteiger partial charge in [0.1, 0.15) is 5.82 Å². The fraction of sp³-hybridized carbons (Fsp3) is 0.538. The Balaban J connectivity index is 2.89. The Bertz CT molecular complexity index is 340. The van der Waals surface area contributed by atoms with Crippen LogP contribution in [0.3, 0.4) is 0 Å². The van der Waals surface area contributed by atoms with E-state index in [0.717, 1.165) is 5.56 Å². The number of hydrogen-bond donors (Lipinski definition) is 0. The van der Waals surface area contributed by atoms with Gasteiger partial charge < -0.3 is 4.74 Å². The third-order valence-corrected chi connectivity index (χ3v) is 3.90. The summed E-state index contributed by atoms with van der Waals surface area (Å²) in [5.41, 5.74) is 0.419. The molecule has 0 aliphatic heterocycles. The highest BCUT2D eigenvalue weighted by Crippen LogP contribution is 2.31. The van der Waals surface area contributed by atoms with E-state index in [4.69, 9.17) is 27.9 Å². The average molecular weight is 279 g/mol. The molecular formula is C13H17Cl2FO. The van der Waals surface area contributed by atoms with E-state index in [1.54, 1.807) is 6.07 Å². The Morgan fingerprint density at radius 3 is 2.53 bits per heavy atom. The summed E-state index contributed by atoms with van der Waals surface area (Å²) < 4.78 is 18.6. The predicted octanol–water partition coefficient (Wildman–Crippen LogP) is 3.97. The van der Waals surface area contributed by atoms with Crippen LogP contribution in [0.5, 0.6) is 0 Å². The summed E-state index contributed by atoms with van der Waals surface area (Å²) in [6, 6.07) is 6.45. The van der Waals surface area contributed by atoms with Crippen LogP contribution in [0.1, 0.15) is 18.9 Å². The molecule has 0 spiro atoms. The summed E-state index contributed by atoms with van der Waals surface area (Å²) in [5.74, 6) is 0.443. The van der Waals surface area contributed by atoms with Crippen LogP contribution in [0, 0.1) is 5.82 Å². The molecular weight excluding hydrogens is 262 g/mol. The summed E-state index contributed by atoms with van der Waals surface area (Å²) in [7, 11) is 0. The van der Waals surface area contributed by atoms with Crippen LogP contribution < -0.4 is 0 Å². The van der Waals surface area contributed by atoms with Crippen LogP contribution >= 0.6 is 23.2 Å². The van der Waals surface area contributed by atoms with Crippen molar-refractivity contribution < 1.29 is 9.13 Å². The van der Waals surface area contributed by atoms with Gasteiger partial charge in [0, 0.05) is 30.4 Å². The van der Waals surface area contributed by atoms with Gasteiger partial charge >= 0.3 is 0 Å². The number of benzene rings is 1. The Labute approximate surface area is 112 Å². The van der Waals surface area contributed by atoms with Gasteiger partial charge in [-0.25, -0.2) is 4.39 Å². The summed E-state index contributed by atoms with van der Waals surface area (Å²) in [6.07, 6.45) is 0.692. The quantitative estimate of drug-likeness (QED) is 0.542. The molecule has 1 rings (SSSR count). The molecule has 0 saturated carbocycles. The molecule has 0 fully saturated rings. The Morgan fingerprint density at radius 2 is 2.00 bits per heavy atom. The second kappa shape index (κ2) is 7.20. The average Bonchev–Trinajstić information content (AvgIpc) is 2.35. The zero-order valence-electron chi connectivity index (χ0n) is 9.89. The first-order valence-corrected chi connectivity index (χ1v) is 6.71. The molecule has 1 aromatic carbocycles. The number of alkyl halides is 2. The highest BCUT2D eigenvalue weighted by molar-refractivity contribution is 6.22. The maximum absolute atomic E-state index is 13.2. The smallest absolute Gasteiger partial charge is 0.123 e. The van der Waals surface area contributed by atoms with Crippen LogP contribution in [0.4, 0.5) is 4.39 Å². The monoisotopic (exact) mass is 278 g/mol. The SMILES string of the molecule is CCOCCC(CCl)(CCl)c1cccc(F)c1. The topological polar surface area (TPSA) is 9.23 Å². The number of rotatable bonds is 7. The van der Waals surface area contributed by atoms with Crippen molar-refractivity contribution in [1.82, 2.24) is 0 Å². The first-order chi connectivity index (χ1) is 8.18. The lowest BCUT2D eigenvalue weighted by molar-refractivity contribution is 0.131. The van der Waals surface area contributed by atoms with E-state index >= 15 is 0 Å². The molecule has 0 aromatic heterocycles. The second-order valence-corrected chi connectivity index (χ2v) is 4.54. The van der Waals surface area contributed by atoms with Crippen molar-refractivity contribution in [2.24, 2.45) is 0 Å². The molecule has 0 aliphatic rings. The van der Waals surface area contributed by atoms with E-state index in [2.05, 4.69) is 0 Å². The molecule has 0 saturated heterocycles. The third kappa shape index (κ3) is 3.84. The molecule has 1 nitrogen and oxygen atoms in total. The van der Waals surface area contributed by atoms with E-state index in [-0.39, 0.29) is 5.82 Å². The third-order valence-electron chi connectivity index (χ3n) is 2.88. The highest BCUT2D eigenvalue weighted by Gasteiger charge is 2.30. The lowest BCUT2D eigenvalue weighted by Gasteiger charge is -2.30. The molecule has 0 radical (unpaired) electrons. The molecule has 17 heavy (non-hydrogen) atoms. The Morgan fingerprint density at radius 1 is 1.29 bits per heavy atom. The summed E-state index contributed by atoms with van der Waals surface area (Å²) in [5, 5.41) is 0. The van der Waals surface area contributed by atoms with Crippen LogP contribution in [-0.2, 0) is 10.2 Å². The van der Waals surface area contributed by atoms with Crippen LogP contribution in [-0.4, -0.2) is 25.0 Å². The van der Waals surface area contributed by atoms with Gasteiger partial charge in [0.15, 0.2) is 0 Å². The minimum atomic E-state index is -0.416.